The Morgan fingerprint density at radius 3 is 2.75 bits per heavy atom. The van der Waals surface area contributed by atoms with E-state index < -0.39 is 6.29 Å². The summed E-state index contributed by atoms with van der Waals surface area (Å²) in [6.45, 7) is 2.56. The lowest BCUT2D eigenvalue weighted by Crippen LogP contribution is -2.35. The van der Waals surface area contributed by atoms with Gasteiger partial charge in [0.15, 0.2) is 6.29 Å². The Hall–Kier alpha value is -0.900. The van der Waals surface area contributed by atoms with Gasteiger partial charge in [0.25, 0.3) is 0 Å². The minimum absolute atomic E-state index is 0.0736. The van der Waals surface area contributed by atoms with Gasteiger partial charge in [-0.15, -0.1) is 0 Å². The molecule has 3 unspecified atom stereocenters. The summed E-state index contributed by atoms with van der Waals surface area (Å²) in [4.78, 5) is 0. The summed E-state index contributed by atoms with van der Waals surface area (Å²) in [5.74, 6) is 0. The molecule has 0 amide bonds. The molecule has 88 valence electrons. The van der Waals surface area contributed by atoms with Gasteiger partial charge >= 0.3 is 0 Å². The molecule has 1 fully saturated rings. The Morgan fingerprint density at radius 1 is 1.31 bits per heavy atom. The molecule has 1 N–H and O–H groups in total. The predicted octanol–water partition coefficient (Wildman–Crippen LogP) is 2.09. The van der Waals surface area contributed by atoms with Crippen LogP contribution in [0.5, 0.6) is 0 Å². The van der Waals surface area contributed by atoms with Gasteiger partial charge < -0.3 is 14.6 Å². The first-order chi connectivity index (χ1) is 7.74. The van der Waals surface area contributed by atoms with E-state index in [0.717, 1.165) is 12.0 Å². The predicted molar refractivity (Wildman–Crippen MR) is 60.8 cm³/mol. The lowest BCUT2D eigenvalue weighted by Gasteiger charge is -2.30. The SMILES string of the molecule is CC1CC(OCc2ccccc2)CC(O)O1. The van der Waals surface area contributed by atoms with E-state index in [0.29, 0.717) is 13.0 Å². The van der Waals surface area contributed by atoms with Gasteiger partial charge in [-0.2, -0.15) is 0 Å². The molecule has 0 aliphatic carbocycles. The summed E-state index contributed by atoms with van der Waals surface area (Å²) in [5, 5.41) is 9.44. The molecule has 16 heavy (non-hydrogen) atoms. The van der Waals surface area contributed by atoms with Gasteiger partial charge in [-0.05, 0) is 18.9 Å². The highest BCUT2D eigenvalue weighted by atomic mass is 16.6. The molecular formula is C13H18O3. The molecule has 0 bridgehead atoms. The first-order valence-electron chi connectivity index (χ1n) is 5.73. The fraction of sp³-hybridized carbons (Fsp3) is 0.538. The third-order valence-corrected chi connectivity index (χ3v) is 2.78. The molecule has 3 heteroatoms. The van der Waals surface area contributed by atoms with Crippen LogP contribution < -0.4 is 0 Å². The third kappa shape index (κ3) is 3.30. The van der Waals surface area contributed by atoms with Crippen molar-refractivity contribution in [3.05, 3.63) is 35.9 Å². The van der Waals surface area contributed by atoms with Gasteiger partial charge in [0.2, 0.25) is 0 Å². The van der Waals surface area contributed by atoms with E-state index in [1.165, 1.54) is 0 Å². The summed E-state index contributed by atoms with van der Waals surface area (Å²) in [6, 6.07) is 10.1. The van der Waals surface area contributed by atoms with Crippen LogP contribution in [0.15, 0.2) is 30.3 Å². The van der Waals surface area contributed by atoms with Crippen LogP contribution in [0, 0.1) is 0 Å². The molecule has 1 aliphatic heterocycles. The fourth-order valence-electron chi connectivity index (χ4n) is 1.99. The molecule has 1 heterocycles. The van der Waals surface area contributed by atoms with Crippen LogP contribution in [-0.2, 0) is 16.1 Å². The van der Waals surface area contributed by atoms with E-state index in [2.05, 4.69) is 0 Å². The number of ether oxygens (including phenoxy) is 2. The molecule has 1 aliphatic rings. The smallest absolute Gasteiger partial charge is 0.157 e. The molecule has 1 saturated heterocycles. The molecule has 3 atom stereocenters. The van der Waals surface area contributed by atoms with Gasteiger partial charge in [0.05, 0.1) is 18.8 Å². The van der Waals surface area contributed by atoms with Crippen LogP contribution in [0.3, 0.4) is 0 Å². The Bertz CT molecular complexity index is 302. The summed E-state index contributed by atoms with van der Waals surface area (Å²) in [7, 11) is 0. The van der Waals surface area contributed by atoms with Gasteiger partial charge in [0, 0.05) is 6.42 Å². The maximum atomic E-state index is 9.44. The second kappa shape index (κ2) is 5.43. The Morgan fingerprint density at radius 2 is 2.06 bits per heavy atom. The molecular weight excluding hydrogens is 204 g/mol. The normalized spacial score (nSPS) is 30.2. The van der Waals surface area contributed by atoms with E-state index >= 15 is 0 Å². The zero-order valence-corrected chi connectivity index (χ0v) is 9.50. The number of benzene rings is 1. The lowest BCUT2D eigenvalue weighted by molar-refractivity contribution is -0.194. The molecule has 0 radical (unpaired) electrons. The second-order valence-electron chi connectivity index (χ2n) is 4.29. The van der Waals surface area contributed by atoms with Crippen molar-refractivity contribution < 1.29 is 14.6 Å². The van der Waals surface area contributed by atoms with Crippen LogP contribution >= 0.6 is 0 Å². The minimum Gasteiger partial charge on any atom is -0.373 e. The highest BCUT2D eigenvalue weighted by molar-refractivity contribution is 5.13. The lowest BCUT2D eigenvalue weighted by atomic mass is 10.1. The van der Waals surface area contributed by atoms with Crippen molar-refractivity contribution >= 4 is 0 Å². The van der Waals surface area contributed by atoms with Gasteiger partial charge in [0.1, 0.15) is 0 Å². The van der Waals surface area contributed by atoms with Crippen molar-refractivity contribution in [2.45, 2.75) is 44.9 Å². The van der Waals surface area contributed by atoms with Crippen molar-refractivity contribution in [1.82, 2.24) is 0 Å². The maximum absolute atomic E-state index is 9.44. The minimum atomic E-state index is -0.676. The monoisotopic (exact) mass is 222 g/mol. The quantitative estimate of drug-likeness (QED) is 0.851. The van der Waals surface area contributed by atoms with E-state index in [9.17, 15) is 5.11 Å². The number of aliphatic hydroxyl groups excluding tert-OH is 1. The van der Waals surface area contributed by atoms with E-state index in [4.69, 9.17) is 9.47 Å². The maximum Gasteiger partial charge on any atom is 0.157 e. The number of hydrogen-bond donors (Lipinski definition) is 1. The fourth-order valence-corrected chi connectivity index (χ4v) is 1.99. The first kappa shape index (κ1) is 11.6. The van der Waals surface area contributed by atoms with Crippen LogP contribution in [-0.4, -0.2) is 23.6 Å². The molecule has 2 rings (SSSR count). The topological polar surface area (TPSA) is 38.7 Å². The summed E-state index contributed by atoms with van der Waals surface area (Å²) < 4.78 is 11.0. The average molecular weight is 222 g/mol. The van der Waals surface area contributed by atoms with Crippen LogP contribution in [0.4, 0.5) is 0 Å². The molecule has 3 nitrogen and oxygen atoms in total. The van der Waals surface area contributed by atoms with Crippen LogP contribution in [0.2, 0.25) is 0 Å². The van der Waals surface area contributed by atoms with Gasteiger partial charge in [-0.1, -0.05) is 30.3 Å². The van der Waals surface area contributed by atoms with E-state index in [1.54, 1.807) is 0 Å². The van der Waals surface area contributed by atoms with Crippen LogP contribution in [0.1, 0.15) is 25.3 Å². The molecule has 1 aromatic carbocycles. The average Bonchev–Trinajstić information content (AvgIpc) is 2.27. The summed E-state index contributed by atoms with van der Waals surface area (Å²) in [5.41, 5.74) is 1.16. The molecule has 1 aromatic rings. The third-order valence-electron chi connectivity index (χ3n) is 2.78. The van der Waals surface area contributed by atoms with Crippen molar-refractivity contribution in [3.63, 3.8) is 0 Å². The largest absolute Gasteiger partial charge is 0.373 e. The van der Waals surface area contributed by atoms with E-state index in [1.807, 2.05) is 37.3 Å². The highest BCUT2D eigenvalue weighted by Crippen LogP contribution is 2.21. The first-order valence-corrected chi connectivity index (χ1v) is 5.73. The molecule has 0 saturated carbocycles. The van der Waals surface area contributed by atoms with Crippen molar-refractivity contribution in [2.24, 2.45) is 0 Å². The van der Waals surface area contributed by atoms with Crippen molar-refractivity contribution in [3.8, 4) is 0 Å². The summed E-state index contributed by atoms with van der Waals surface area (Å²) >= 11 is 0. The zero-order valence-electron chi connectivity index (χ0n) is 9.50. The molecule has 0 aromatic heterocycles. The Kier molecular flexibility index (Phi) is 3.93. The number of rotatable bonds is 3. The summed E-state index contributed by atoms with van der Waals surface area (Å²) in [6.07, 6.45) is 0.911. The zero-order chi connectivity index (χ0) is 11.4. The van der Waals surface area contributed by atoms with Gasteiger partial charge in [-0.25, -0.2) is 0 Å². The van der Waals surface area contributed by atoms with Crippen molar-refractivity contribution in [1.29, 1.82) is 0 Å². The number of hydrogen-bond acceptors (Lipinski definition) is 3. The Labute approximate surface area is 96.0 Å². The molecule has 0 spiro atoms. The van der Waals surface area contributed by atoms with Crippen LogP contribution in [0.25, 0.3) is 0 Å². The standard InChI is InChI=1S/C13H18O3/c1-10-7-12(8-13(14)16-10)15-9-11-5-3-2-4-6-11/h2-6,10,12-14H,7-9H2,1H3. The second-order valence-corrected chi connectivity index (χ2v) is 4.29. The highest BCUT2D eigenvalue weighted by Gasteiger charge is 2.26. The number of aliphatic hydroxyl groups is 1. The van der Waals surface area contributed by atoms with E-state index in [-0.39, 0.29) is 12.2 Å². The van der Waals surface area contributed by atoms with Crippen molar-refractivity contribution in [2.75, 3.05) is 0 Å². The Balaban J connectivity index is 1.81. The van der Waals surface area contributed by atoms with Gasteiger partial charge in [-0.3, -0.25) is 0 Å².